The monoisotopic (exact) mass is 261 g/mol. The van der Waals surface area contributed by atoms with Gasteiger partial charge in [0.05, 0.1) is 10.7 Å². The van der Waals surface area contributed by atoms with E-state index >= 15 is 0 Å². The van der Waals surface area contributed by atoms with Gasteiger partial charge in [-0.1, -0.05) is 41.4 Å². The first kappa shape index (κ1) is 10.9. The van der Waals surface area contributed by atoms with Crippen molar-refractivity contribution >= 4 is 33.2 Å². The molecule has 0 saturated carbocycles. The summed E-state index contributed by atoms with van der Waals surface area (Å²) in [5.41, 5.74) is 0.991. The van der Waals surface area contributed by atoms with Crippen molar-refractivity contribution in [2.45, 2.75) is 13.8 Å². The van der Waals surface area contributed by atoms with E-state index in [9.17, 15) is 0 Å². The lowest BCUT2D eigenvalue weighted by Crippen LogP contribution is -2.08. The average Bonchev–Trinajstić information content (AvgIpc) is 2.06. The molecule has 0 aliphatic heterocycles. The van der Waals surface area contributed by atoms with Crippen LogP contribution in [0, 0.1) is 5.92 Å². The highest BCUT2D eigenvalue weighted by atomic mass is 79.9. The molecular weight excluding hydrogens is 249 g/mol. The second-order valence-electron chi connectivity index (χ2n) is 3.40. The van der Waals surface area contributed by atoms with Crippen LogP contribution in [0.5, 0.6) is 0 Å². The molecule has 1 rings (SSSR count). The van der Waals surface area contributed by atoms with Crippen molar-refractivity contribution < 1.29 is 0 Å². The zero-order valence-electron chi connectivity index (χ0n) is 7.77. The fraction of sp³-hybridized carbons (Fsp3) is 0.400. The first-order valence-corrected chi connectivity index (χ1v) is 5.45. The van der Waals surface area contributed by atoms with Crippen molar-refractivity contribution in [1.82, 2.24) is 0 Å². The summed E-state index contributed by atoms with van der Waals surface area (Å²) in [5.74, 6) is 0.620. The molecule has 13 heavy (non-hydrogen) atoms. The third-order valence-electron chi connectivity index (χ3n) is 1.63. The number of nitrogens with one attached hydrogen (secondary N) is 1. The number of benzene rings is 1. The van der Waals surface area contributed by atoms with Crippen LogP contribution in [0.1, 0.15) is 13.8 Å². The van der Waals surface area contributed by atoms with Gasteiger partial charge in [0.2, 0.25) is 0 Å². The van der Waals surface area contributed by atoms with Crippen LogP contribution >= 0.6 is 27.5 Å². The van der Waals surface area contributed by atoms with Gasteiger partial charge in [-0.05, 0) is 24.1 Å². The van der Waals surface area contributed by atoms with Crippen molar-refractivity contribution in [2.24, 2.45) is 5.92 Å². The molecule has 0 aromatic heterocycles. The van der Waals surface area contributed by atoms with E-state index in [4.69, 9.17) is 11.6 Å². The molecular formula is C10H13BrClN. The maximum atomic E-state index is 6.00. The van der Waals surface area contributed by atoms with Crippen LogP contribution in [0.4, 0.5) is 5.69 Å². The summed E-state index contributed by atoms with van der Waals surface area (Å²) in [7, 11) is 0. The van der Waals surface area contributed by atoms with Gasteiger partial charge in [-0.2, -0.15) is 0 Å². The minimum atomic E-state index is 0.620. The van der Waals surface area contributed by atoms with E-state index in [0.717, 1.165) is 21.7 Å². The SMILES string of the molecule is CC(C)CNc1cc(Br)ccc1Cl. The van der Waals surface area contributed by atoms with Crippen LogP contribution in [0.3, 0.4) is 0 Å². The molecule has 0 fully saturated rings. The van der Waals surface area contributed by atoms with Crippen molar-refractivity contribution in [3.8, 4) is 0 Å². The second-order valence-corrected chi connectivity index (χ2v) is 4.72. The smallest absolute Gasteiger partial charge is 0.0638 e. The molecule has 3 heteroatoms. The quantitative estimate of drug-likeness (QED) is 0.862. The van der Waals surface area contributed by atoms with E-state index < -0.39 is 0 Å². The van der Waals surface area contributed by atoms with Crippen LogP contribution in [-0.4, -0.2) is 6.54 Å². The molecule has 1 N–H and O–H groups in total. The summed E-state index contributed by atoms with van der Waals surface area (Å²) in [5, 5.41) is 4.06. The van der Waals surface area contributed by atoms with E-state index in [1.807, 2.05) is 18.2 Å². The average molecular weight is 263 g/mol. The zero-order valence-corrected chi connectivity index (χ0v) is 10.1. The molecule has 0 unspecified atom stereocenters. The van der Waals surface area contributed by atoms with E-state index in [1.165, 1.54) is 0 Å². The molecule has 0 radical (unpaired) electrons. The summed E-state index contributed by atoms with van der Waals surface area (Å²) >= 11 is 9.40. The highest BCUT2D eigenvalue weighted by Gasteiger charge is 2.00. The Morgan fingerprint density at radius 3 is 2.77 bits per heavy atom. The maximum Gasteiger partial charge on any atom is 0.0638 e. The number of hydrogen-bond donors (Lipinski definition) is 1. The number of rotatable bonds is 3. The number of anilines is 1. The van der Waals surface area contributed by atoms with Gasteiger partial charge >= 0.3 is 0 Å². The lowest BCUT2D eigenvalue weighted by molar-refractivity contribution is 0.689. The van der Waals surface area contributed by atoms with Crippen LogP contribution in [0.15, 0.2) is 22.7 Å². The fourth-order valence-electron chi connectivity index (χ4n) is 0.947. The van der Waals surface area contributed by atoms with E-state index in [1.54, 1.807) is 0 Å². The predicted molar refractivity (Wildman–Crippen MR) is 62.5 cm³/mol. The first-order valence-electron chi connectivity index (χ1n) is 4.28. The molecule has 0 saturated heterocycles. The normalized spacial score (nSPS) is 10.5. The van der Waals surface area contributed by atoms with Crippen molar-refractivity contribution in [3.63, 3.8) is 0 Å². The topological polar surface area (TPSA) is 12.0 Å². The van der Waals surface area contributed by atoms with Gasteiger partial charge < -0.3 is 5.32 Å². The highest BCUT2D eigenvalue weighted by molar-refractivity contribution is 9.10. The molecule has 0 heterocycles. The Kier molecular flexibility index (Phi) is 4.07. The lowest BCUT2D eigenvalue weighted by atomic mass is 10.2. The van der Waals surface area contributed by atoms with Gasteiger partial charge in [0.15, 0.2) is 0 Å². The maximum absolute atomic E-state index is 6.00. The molecule has 72 valence electrons. The molecule has 0 aliphatic rings. The molecule has 0 amide bonds. The third kappa shape index (κ3) is 3.57. The summed E-state index contributed by atoms with van der Waals surface area (Å²) < 4.78 is 1.04. The zero-order chi connectivity index (χ0) is 9.84. The van der Waals surface area contributed by atoms with Crippen molar-refractivity contribution in [2.75, 3.05) is 11.9 Å². The van der Waals surface area contributed by atoms with Crippen molar-refractivity contribution in [3.05, 3.63) is 27.7 Å². The van der Waals surface area contributed by atoms with E-state index in [-0.39, 0.29) is 0 Å². The van der Waals surface area contributed by atoms with Gasteiger partial charge in [0.1, 0.15) is 0 Å². The summed E-state index contributed by atoms with van der Waals surface area (Å²) in [6, 6.07) is 5.81. The molecule has 0 spiro atoms. The van der Waals surface area contributed by atoms with Crippen molar-refractivity contribution in [1.29, 1.82) is 0 Å². The van der Waals surface area contributed by atoms with Gasteiger partial charge in [-0.3, -0.25) is 0 Å². The molecule has 1 aromatic carbocycles. The van der Waals surface area contributed by atoms with E-state index in [2.05, 4.69) is 35.1 Å². The Labute approximate surface area is 92.6 Å². The Hall–Kier alpha value is -0.210. The number of hydrogen-bond acceptors (Lipinski definition) is 1. The summed E-state index contributed by atoms with van der Waals surface area (Å²) in [4.78, 5) is 0. The molecule has 0 atom stereocenters. The second kappa shape index (κ2) is 4.87. The van der Waals surface area contributed by atoms with Crippen LogP contribution in [-0.2, 0) is 0 Å². The van der Waals surface area contributed by atoms with Gasteiger partial charge in [-0.25, -0.2) is 0 Å². The third-order valence-corrected chi connectivity index (χ3v) is 2.45. The largest absolute Gasteiger partial charge is 0.384 e. The molecule has 1 nitrogen and oxygen atoms in total. The molecule has 0 aliphatic carbocycles. The van der Waals surface area contributed by atoms with Crippen LogP contribution < -0.4 is 5.32 Å². The Balaban J connectivity index is 2.70. The van der Waals surface area contributed by atoms with E-state index in [0.29, 0.717) is 5.92 Å². The Morgan fingerprint density at radius 1 is 1.46 bits per heavy atom. The first-order chi connectivity index (χ1) is 6.09. The predicted octanol–water partition coefficient (Wildman–Crippen LogP) is 4.17. The van der Waals surface area contributed by atoms with Crippen LogP contribution in [0.2, 0.25) is 5.02 Å². The fourth-order valence-corrected chi connectivity index (χ4v) is 1.49. The summed E-state index contributed by atoms with van der Waals surface area (Å²) in [6.45, 7) is 5.27. The van der Waals surface area contributed by atoms with Gasteiger partial charge in [-0.15, -0.1) is 0 Å². The standard InChI is InChI=1S/C10H13BrClN/c1-7(2)6-13-10-5-8(11)3-4-9(10)12/h3-5,7,13H,6H2,1-2H3. The van der Waals surface area contributed by atoms with Gasteiger partial charge in [0.25, 0.3) is 0 Å². The van der Waals surface area contributed by atoms with Crippen LogP contribution in [0.25, 0.3) is 0 Å². The highest BCUT2D eigenvalue weighted by Crippen LogP contribution is 2.25. The molecule has 1 aromatic rings. The minimum absolute atomic E-state index is 0.620. The summed E-state index contributed by atoms with van der Waals surface area (Å²) in [6.07, 6.45) is 0. The lowest BCUT2D eigenvalue weighted by Gasteiger charge is -2.10. The minimum Gasteiger partial charge on any atom is -0.384 e. The molecule has 0 bridgehead atoms. The van der Waals surface area contributed by atoms with Gasteiger partial charge in [0, 0.05) is 11.0 Å². The Bertz CT molecular complexity index is 286. The Morgan fingerprint density at radius 2 is 2.15 bits per heavy atom. The number of halogens is 2.